The minimum Gasteiger partial charge on any atom is -0.472 e. The van der Waals surface area contributed by atoms with Crippen LogP contribution in [0.5, 0.6) is 5.88 Å². The second-order valence-electron chi connectivity index (χ2n) is 9.86. The van der Waals surface area contributed by atoms with Crippen LogP contribution < -0.4 is 15.0 Å². The molecule has 1 N–H and O–H groups in total. The predicted molar refractivity (Wildman–Crippen MR) is 124 cm³/mol. The van der Waals surface area contributed by atoms with Crippen molar-refractivity contribution in [1.29, 1.82) is 0 Å². The fourth-order valence-corrected chi connectivity index (χ4v) is 6.05. The van der Waals surface area contributed by atoms with Gasteiger partial charge < -0.3 is 15.0 Å². The number of nitrogens with one attached hydrogen (secondary N) is 1. The second-order valence-corrected chi connectivity index (χ2v) is 9.86. The zero-order chi connectivity index (χ0) is 21.1. The van der Waals surface area contributed by atoms with Crippen LogP contribution in [0, 0.1) is 0 Å². The van der Waals surface area contributed by atoms with Gasteiger partial charge in [-0.15, -0.1) is 0 Å². The van der Waals surface area contributed by atoms with Crippen LogP contribution in [0.15, 0.2) is 48.8 Å². The number of nitrogens with zero attached hydrogens (tertiary/aromatic N) is 4. The minimum atomic E-state index is 0.550. The van der Waals surface area contributed by atoms with Crippen LogP contribution in [0.4, 0.5) is 5.82 Å². The minimum absolute atomic E-state index is 0.550. The number of fused-ring (bicyclic) bond motifs is 5. The lowest BCUT2D eigenvalue weighted by Gasteiger charge is -2.45. The van der Waals surface area contributed by atoms with Crippen molar-refractivity contribution in [1.82, 2.24) is 20.1 Å². The summed E-state index contributed by atoms with van der Waals surface area (Å²) in [6, 6.07) is 15.5. The van der Waals surface area contributed by atoms with E-state index in [0.717, 1.165) is 22.9 Å². The number of piperidine rings is 2. The third-order valence-corrected chi connectivity index (χ3v) is 7.65. The first-order valence-corrected chi connectivity index (χ1v) is 12.1. The van der Waals surface area contributed by atoms with Crippen molar-refractivity contribution in [2.75, 3.05) is 4.90 Å². The third-order valence-electron chi connectivity index (χ3n) is 7.65. The van der Waals surface area contributed by atoms with Crippen molar-refractivity contribution in [2.24, 2.45) is 0 Å². The first kappa shape index (κ1) is 18.7. The maximum atomic E-state index is 6.20. The molecule has 3 aromatic rings. The van der Waals surface area contributed by atoms with Gasteiger partial charge in [-0.3, -0.25) is 0 Å². The third kappa shape index (κ3) is 3.20. The summed E-state index contributed by atoms with van der Waals surface area (Å²) in [7, 11) is 0. The van der Waals surface area contributed by atoms with Crippen molar-refractivity contribution < 1.29 is 4.74 Å². The van der Waals surface area contributed by atoms with E-state index in [4.69, 9.17) is 9.72 Å². The van der Waals surface area contributed by atoms with Crippen LogP contribution >= 0.6 is 0 Å². The Balaban J connectivity index is 1.21. The van der Waals surface area contributed by atoms with E-state index in [1.807, 2.05) is 16.9 Å². The van der Waals surface area contributed by atoms with Crippen LogP contribution in [0.1, 0.15) is 50.5 Å². The molecule has 2 bridgehead atoms. The molecule has 5 heterocycles. The van der Waals surface area contributed by atoms with Crippen molar-refractivity contribution in [3.63, 3.8) is 0 Å². The van der Waals surface area contributed by atoms with Crippen LogP contribution in [-0.2, 0) is 6.61 Å². The Labute approximate surface area is 188 Å². The number of benzene rings is 1. The molecule has 1 aromatic carbocycles. The number of rotatable bonds is 4. The molecule has 6 nitrogen and oxygen atoms in total. The van der Waals surface area contributed by atoms with Crippen LogP contribution in [0.2, 0.25) is 0 Å². The molecule has 1 aliphatic carbocycles. The summed E-state index contributed by atoms with van der Waals surface area (Å²) in [4.78, 5) is 7.73. The standard InChI is InChI=1S/C26H29N5O/c1-3-18-14-22(15-19(4-1)28-18)31(20-5-6-20)25-10-9-24-23-8-7-21(30-12-2-11-27-30)13-17(23)16-32-26(24)29-25/h2,7-13,18-20,22,28H,1,3-6,14-16H2/t18-,19+,22?. The molecule has 7 rings (SSSR count). The summed E-state index contributed by atoms with van der Waals surface area (Å²) in [6.07, 6.45) is 12.9. The molecule has 0 amide bonds. The highest BCUT2D eigenvalue weighted by Gasteiger charge is 2.40. The summed E-state index contributed by atoms with van der Waals surface area (Å²) in [6.45, 7) is 0.550. The van der Waals surface area contributed by atoms with E-state index in [1.54, 1.807) is 6.20 Å². The van der Waals surface area contributed by atoms with Gasteiger partial charge in [0.15, 0.2) is 0 Å². The number of hydrogen-bond acceptors (Lipinski definition) is 5. The molecular weight excluding hydrogens is 398 g/mol. The van der Waals surface area contributed by atoms with E-state index in [2.05, 4.69) is 45.6 Å². The lowest BCUT2D eigenvalue weighted by Crippen LogP contribution is -2.55. The van der Waals surface area contributed by atoms with Crippen LogP contribution in [0.25, 0.3) is 16.8 Å². The van der Waals surface area contributed by atoms with Gasteiger partial charge in [-0.2, -0.15) is 10.1 Å². The molecule has 164 valence electrons. The van der Waals surface area contributed by atoms with E-state index in [9.17, 15) is 0 Å². The molecule has 1 saturated carbocycles. The van der Waals surface area contributed by atoms with E-state index >= 15 is 0 Å². The fourth-order valence-electron chi connectivity index (χ4n) is 6.05. The summed E-state index contributed by atoms with van der Waals surface area (Å²) >= 11 is 0. The second kappa shape index (κ2) is 7.34. The lowest BCUT2D eigenvalue weighted by atomic mass is 9.83. The SMILES string of the molecule is c1cnn(-c2ccc3c(c2)COc2nc(N(C4CC4)C4C[C@H]5CCC[C@@H](C4)N5)ccc2-3)c1. The Morgan fingerprint density at radius 1 is 0.969 bits per heavy atom. The maximum Gasteiger partial charge on any atom is 0.223 e. The van der Waals surface area contributed by atoms with E-state index < -0.39 is 0 Å². The predicted octanol–water partition coefficient (Wildman–Crippen LogP) is 4.47. The normalized spacial score (nSPS) is 26.1. The topological polar surface area (TPSA) is 55.2 Å². The molecule has 3 fully saturated rings. The average molecular weight is 428 g/mol. The lowest BCUT2D eigenvalue weighted by molar-refractivity contribution is 0.215. The van der Waals surface area contributed by atoms with Crippen molar-refractivity contribution >= 4 is 5.82 Å². The molecule has 6 heteroatoms. The number of anilines is 1. The zero-order valence-corrected chi connectivity index (χ0v) is 18.3. The molecular formula is C26H29N5O. The monoisotopic (exact) mass is 427 g/mol. The molecule has 0 spiro atoms. The molecule has 3 aliphatic heterocycles. The Hall–Kier alpha value is -2.86. The Morgan fingerprint density at radius 2 is 1.81 bits per heavy atom. The number of hydrogen-bond donors (Lipinski definition) is 1. The van der Waals surface area contributed by atoms with Crippen molar-refractivity contribution in [2.45, 2.75) is 75.7 Å². The van der Waals surface area contributed by atoms with Gasteiger partial charge in [0.2, 0.25) is 5.88 Å². The summed E-state index contributed by atoms with van der Waals surface area (Å²) in [5, 5.41) is 8.20. The van der Waals surface area contributed by atoms with Gasteiger partial charge in [-0.05, 0) is 80.0 Å². The Kier molecular flexibility index (Phi) is 4.29. The first-order chi connectivity index (χ1) is 15.8. The molecule has 1 unspecified atom stereocenters. The molecule has 3 atom stereocenters. The van der Waals surface area contributed by atoms with Crippen LogP contribution in [0.3, 0.4) is 0 Å². The van der Waals surface area contributed by atoms with Crippen molar-refractivity contribution in [3.8, 4) is 22.7 Å². The van der Waals surface area contributed by atoms with Crippen LogP contribution in [-0.4, -0.2) is 38.9 Å². The molecule has 32 heavy (non-hydrogen) atoms. The fraction of sp³-hybridized carbons (Fsp3) is 0.462. The van der Waals surface area contributed by atoms with E-state index in [0.29, 0.717) is 30.8 Å². The average Bonchev–Trinajstić information content (AvgIpc) is 3.49. The summed E-state index contributed by atoms with van der Waals surface area (Å²) in [5.74, 6) is 1.88. The number of aromatic nitrogens is 3. The largest absolute Gasteiger partial charge is 0.472 e. The van der Waals surface area contributed by atoms with E-state index in [1.165, 1.54) is 56.1 Å². The van der Waals surface area contributed by atoms with Gasteiger partial charge in [0, 0.05) is 42.1 Å². The molecule has 2 aromatic heterocycles. The van der Waals surface area contributed by atoms with Gasteiger partial charge >= 0.3 is 0 Å². The van der Waals surface area contributed by atoms with E-state index in [-0.39, 0.29) is 0 Å². The Morgan fingerprint density at radius 3 is 2.59 bits per heavy atom. The molecule has 4 aliphatic rings. The van der Waals surface area contributed by atoms with Gasteiger partial charge in [0.25, 0.3) is 0 Å². The van der Waals surface area contributed by atoms with Gasteiger partial charge in [0.1, 0.15) is 12.4 Å². The zero-order valence-electron chi connectivity index (χ0n) is 18.3. The highest BCUT2D eigenvalue weighted by molar-refractivity contribution is 5.75. The van der Waals surface area contributed by atoms with Gasteiger partial charge in [-0.25, -0.2) is 4.68 Å². The van der Waals surface area contributed by atoms with Gasteiger partial charge in [-0.1, -0.05) is 12.5 Å². The first-order valence-electron chi connectivity index (χ1n) is 12.1. The highest BCUT2D eigenvalue weighted by atomic mass is 16.5. The quantitative estimate of drug-likeness (QED) is 0.666. The number of ether oxygens (including phenoxy) is 1. The summed E-state index contributed by atoms with van der Waals surface area (Å²) < 4.78 is 8.08. The molecule has 0 radical (unpaired) electrons. The maximum absolute atomic E-state index is 6.20. The highest BCUT2D eigenvalue weighted by Crippen LogP contribution is 2.42. The Bertz CT molecular complexity index is 1130. The smallest absolute Gasteiger partial charge is 0.223 e. The van der Waals surface area contributed by atoms with Gasteiger partial charge in [0.05, 0.1) is 5.69 Å². The van der Waals surface area contributed by atoms with Crippen molar-refractivity contribution in [3.05, 3.63) is 54.4 Å². The number of pyridine rings is 1. The summed E-state index contributed by atoms with van der Waals surface area (Å²) in [5.41, 5.74) is 4.56. The molecule has 2 saturated heterocycles.